The third-order valence-corrected chi connectivity index (χ3v) is 12.8. The van der Waals surface area contributed by atoms with Crippen molar-refractivity contribution in [2.75, 3.05) is 79.2 Å². The molecule has 0 radical (unpaired) electrons. The maximum absolute atomic E-state index is 12.7. The van der Waals surface area contributed by atoms with E-state index in [1.807, 2.05) is 0 Å². The molecule has 1 saturated heterocycles. The number of ether oxygens (including phenoxy) is 11. The van der Waals surface area contributed by atoms with Crippen LogP contribution in [0.5, 0.6) is 11.5 Å². The molecule has 8 atom stereocenters. The topological polar surface area (TPSA) is 221 Å². The Hall–Kier alpha value is -4.30. The van der Waals surface area contributed by atoms with E-state index < -0.39 is 54.3 Å². The molecule has 1 saturated carbocycles. The predicted molar refractivity (Wildman–Crippen MR) is 249 cm³/mol. The normalized spacial score (nSPS) is 22.9. The van der Waals surface area contributed by atoms with Gasteiger partial charge in [-0.2, -0.15) is 0 Å². The smallest absolute Gasteiger partial charge is 0.407 e. The van der Waals surface area contributed by atoms with Crippen LogP contribution in [-0.4, -0.2) is 144 Å². The molecule has 1 aliphatic heterocycles. The quantitative estimate of drug-likeness (QED) is 0.0472. The monoisotopic (exact) mass is 1080 g/mol. The van der Waals surface area contributed by atoms with Crippen LogP contribution in [0.3, 0.4) is 0 Å². The number of ketones is 1. The summed E-state index contributed by atoms with van der Waals surface area (Å²) in [5, 5.41) is 3.05. The predicted octanol–water partition coefficient (Wildman–Crippen LogP) is 5.95. The third-order valence-electron chi connectivity index (χ3n) is 11.5. The number of carbonyl (C=O) groups is 6. The minimum Gasteiger partial charge on any atom is -0.489 e. The van der Waals surface area contributed by atoms with Gasteiger partial charge in [-0.3, -0.25) is 28.5 Å². The van der Waals surface area contributed by atoms with Gasteiger partial charge in [-0.25, -0.2) is 4.79 Å². The third kappa shape index (κ3) is 16.4. The highest BCUT2D eigenvalue weighted by Crippen LogP contribution is 2.52. The number of fused-ring (bicyclic) bond motifs is 2. The van der Waals surface area contributed by atoms with Crippen LogP contribution in [0, 0.1) is 35.5 Å². The van der Waals surface area contributed by atoms with Crippen molar-refractivity contribution in [2.24, 2.45) is 23.7 Å². The maximum atomic E-state index is 12.7. The molecule has 376 valence electrons. The molecule has 2 aromatic rings. The lowest BCUT2D eigenvalue weighted by molar-refractivity contribution is -0.255. The zero-order chi connectivity index (χ0) is 49.2. The van der Waals surface area contributed by atoms with Gasteiger partial charge >= 0.3 is 24.0 Å². The number of amides is 1. The van der Waals surface area contributed by atoms with Gasteiger partial charge in [0.1, 0.15) is 24.7 Å². The lowest BCUT2D eigenvalue weighted by atomic mass is 9.90. The number of halogens is 2. The second-order valence-corrected chi connectivity index (χ2v) is 18.2. The lowest BCUT2D eigenvalue weighted by Gasteiger charge is -2.43. The lowest BCUT2D eigenvalue weighted by Crippen LogP contribution is -2.59. The van der Waals surface area contributed by atoms with E-state index in [0.717, 1.165) is 25.7 Å². The Labute approximate surface area is 412 Å². The molecule has 1 aromatic heterocycles. The van der Waals surface area contributed by atoms with Crippen molar-refractivity contribution in [2.45, 2.75) is 97.7 Å². The molecule has 1 aromatic carbocycles. The summed E-state index contributed by atoms with van der Waals surface area (Å²) in [4.78, 5) is 73.6. The van der Waals surface area contributed by atoms with Crippen molar-refractivity contribution < 1.29 is 80.9 Å². The molecule has 68 heavy (non-hydrogen) atoms. The van der Waals surface area contributed by atoms with Crippen molar-refractivity contribution in [1.82, 2.24) is 9.88 Å². The molecule has 2 heterocycles. The SMILES string of the molecule is CC(=O)O[C@@H]1[C@@H](C)[C@H](Oc2cn(C(C)=O)c3cc(Br)c(OCCOCCOCCOC(=O)NCCOCCOCCCC(=O)OCC4[C@H]5CCC#CCC[C@@H]45)c(Br)c23)O[C@H](C(C)=O)[C@H]1OC(C)=O. The summed E-state index contributed by atoms with van der Waals surface area (Å²) >= 11 is 7.15. The van der Waals surface area contributed by atoms with E-state index in [-0.39, 0.29) is 70.4 Å². The minimum atomic E-state index is -1.31. The van der Waals surface area contributed by atoms with Crippen molar-refractivity contribution in [1.29, 1.82) is 0 Å². The van der Waals surface area contributed by atoms with Crippen molar-refractivity contribution in [3.05, 3.63) is 21.2 Å². The summed E-state index contributed by atoms with van der Waals surface area (Å²) in [7, 11) is 0. The fourth-order valence-corrected chi connectivity index (χ4v) is 9.69. The Bertz CT molecular complexity index is 2100. The van der Waals surface area contributed by atoms with E-state index in [4.69, 9.17) is 52.1 Å². The summed E-state index contributed by atoms with van der Waals surface area (Å²) < 4.78 is 64.5. The molecule has 1 unspecified atom stereocenters. The highest BCUT2D eigenvalue weighted by Gasteiger charge is 2.51. The van der Waals surface area contributed by atoms with Gasteiger partial charge in [-0.15, -0.1) is 11.8 Å². The largest absolute Gasteiger partial charge is 0.489 e. The molecule has 21 heteroatoms. The summed E-state index contributed by atoms with van der Waals surface area (Å²) in [5.41, 5.74) is 0.466. The number of nitrogens with zero attached hydrogens (tertiary/aromatic N) is 1. The first kappa shape index (κ1) is 54.6. The van der Waals surface area contributed by atoms with E-state index in [9.17, 15) is 28.8 Å². The van der Waals surface area contributed by atoms with E-state index in [2.05, 4.69) is 49.0 Å². The summed E-state index contributed by atoms with van der Waals surface area (Å²) in [6.45, 7) is 9.91. The number of esters is 3. The molecular weight excluding hydrogens is 1020 g/mol. The summed E-state index contributed by atoms with van der Waals surface area (Å²) in [5.74, 6) is 5.72. The Morgan fingerprint density at radius 2 is 1.38 bits per heavy atom. The number of alkyl carbamates (subject to hydrolysis) is 1. The van der Waals surface area contributed by atoms with Crippen LogP contribution in [0.15, 0.2) is 21.2 Å². The Morgan fingerprint density at radius 3 is 2.01 bits per heavy atom. The molecule has 2 fully saturated rings. The maximum Gasteiger partial charge on any atom is 0.407 e. The molecule has 2 aliphatic carbocycles. The van der Waals surface area contributed by atoms with Crippen molar-refractivity contribution in [3.63, 3.8) is 0 Å². The second kappa shape index (κ2) is 27.8. The Balaban J connectivity index is 0.922. The molecule has 3 aliphatic rings. The van der Waals surface area contributed by atoms with E-state index in [0.29, 0.717) is 82.6 Å². The average molecular weight is 1090 g/mol. The number of hydrogen-bond acceptors (Lipinski definition) is 17. The van der Waals surface area contributed by atoms with Crippen LogP contribution in [0.4, 0.5) is 4.79 Å². The van der Waals surface area contributed by atoms with Gasteiger partial charge in [0.2, 0.25) is 12.2 Å². The number of Topliss-reactive ketones (excluding diaryl/α,β-unsaturated/α-hetero) is 1. The highest BCUT2D eigenvalue weighted by atomic mass is 79.9. The summed E-state index contributed by atoms with van der Waals surface area (Å²) in [6.07, 6.45) is 1.11. The number of rotatable bonds is 27. The zero-order valence-electron chi connectivity index (χ0n) is 39.1. The first-order valence-electron chi connectivity index (χ1n) is 22.8. The van der Waals surface area contributed by atoms with E-state index >= 15 is 0 Å². The van der Waals surface area contributed by atoms with Crippen LogP contribution < -0.4 is 14.8 Å². The Kier molecular flexibility index (Phi) is 22.3. The number of carbonyl (C=O) groups excluding carboxylic acids is 6. The minimum absolute atomic E-state index is 0.0421. The summed E-state index contributed by atoms with van der Waals surface area (Å²) in [6, 6.07) is 1.69. The van der Waals surface area contributed by atoms with E-state index in [1.165, 1.54) is 38.5 Å². The van der Waals surface area contributed by atoms with Gasteiger partial charge in [-0.1, -0.05) is 6.92 Å². The molecule has 0 spiro atoms. The van der Waals surface area contributed by atoms with Gasteiger partial charge in [0.15, 0.2) is 24.1 Å². The number of aromatic nitrogens is 1. The number of benzene rings is 1. The van der Waals surface area contributed by atoms with Crippen LogP contribution in [-0.2, 0) is 61.8 Å². The fraction of sp³-hybridized carbons (Fsp3) is 0.660. The Morgan fingerprint density at radius 1 is 0.779 bits per heavy atom. The second-order valence-electron chi connectivity index (χ2n) is 16.5. The van der Waals surface area contributed by atoms with Gasteiger partial charge < -0.3 is 57.4 Å². The molecule has 1 N–H and O–H groups in total. The first-order valence-corrected chi connectivity index (χ1v) is 24.4. The first-order chi connectivity index (χ1) is 32.7. The number of nitrogens with one attached hydrogen (secondary N) is 1. The van der Waals surface area contributed by atoms with Gasteiger partial charge in [0.05, 0.1) is 84.8 Å². The molecule has 5 rings (SSSR count). The average Bonchev–Trinajstić information content (AvgIpc) is 3.77. The number of hydrogen-bond donors (Lipinski definition) is 1. The van der Waals surface area contributed by atoms with Crippen LogP contribution in [0.1, 0.15) is 77.9 Å². The molecule has 1 amide bonds. The van der Waals surface area contributed by atoms with Gasteiger partial charge in [0, 0.05) is 53.2 Å². The van der Waals surface area contributed by atoms with Crippen molar-refractivity contribution >= 4 is 78.5 Å². The standard InChI is InChI=1S/C47H62Br2N2O17/c1-28-42(65-31(4)54)45(66-32(5)55)43(29(2)52)68-46(28)67-38-26-51(30(3)53)37-25-36(48)44(41(49)40(37)38)62-23-21-60-19-20-61-22-24-63-47(57)50-14-16-59-18-17-58-15-10-13-39(56)64-27-35-33-11-8-6-7-9-12-34(33)35/h25-26,28,33-35,42-43,45-46H,8-24,27H2,1-5H3,(H,50,57)/t28-,33-,34+,35?,42-,43-,45+,46-/m1/s1. The fourth-order valence-electron chi connectivity index (χ4n) is 8.17. The van der Waals surface area contributed by atoms with Crippen LogP contribution >= 0.6 is 31.9 Å². The van der Waals surface area contributed by atoms with Crippen LogP contribution in [0.25, 0.3) is 10.9 Å². The molecular formula is C47H62Br2N2O17. The van der Waals surface area contributed by atoms with Crippen LogP contribution in [0.2, 0.25) is 0 Å². The highest BCUT2D eigenvalue weighted by molar-refractivity contribution is 9.11. The zero-order valence-corrected chi connectivity index (χ0v) is 42.3. The molecule has 0 bridgehead atoms. The van der Waals surface area contributed by atoms with Gasteiger partial charge in [0.25, 0.3) is 0 Å². The van der Waals surface area contributed by atoms with Gasteiger partial charge in [-0.05, 0) is 81.9 Å². The van der Waals surface area contributed by atoms with E-state index in [1.54, 1.807) is 13.0 Å². The molecule has 19 nitrogen and oxygen atoms in total. The van der Waals surface area contributed by atoms with Crippen molar-refractivity contribution in [3.8, 4) is 23.3 Å².